The van der Waals surface area contributed by atoms with E-state index in [0.717, 1.165) is 23.6 Å². The van der Waals surface area contributed by atoms with E-state index >= 15 is 0 Å². The highest BCUT2D eigenvalue weighted by molar-refractivity contribution is 7.93. The van der Waals surface area contributed by atoms with Crippen LogP contribution in [0.15, 0.2) is 42.0 Å². The summed E-state index contributed by atoms with van der Waals surface area (Å²) in [6.45, 7) is 1.86. The first-order valence-electron chi connectivity index (χ1n) is 10.4. The van der Waals surface area contributed by atoms with Crippen molar-refractivity contribution in [3.05, 3.63) is 64.4 Å². The molecular formula is C22H21F3N4O3S2. The zero-order valence-corrected chi connectivity index (χ0v) is 19.6. The van der Waals surface area contributed by atoms with Crippen LogP contribution in [0.25, 0.3) is 11.1 Å². The molecule has 2 heterocycles. The molecule has 1 aliphatic rings. The second kappa shape index (κ2) is 8.99. The van der Waals surface area contributed by atoms with Crippen LogP contribution in [-0.4, -0.2) is 29.5 Å². The van der Waals surface area contributed by atoms with E-state index in [2.05, 4.69) is 14.7 Å². The maximum Gasteiger partial charge on any atom is 0.417 e. The fraction of sp³-hybridized carbons (Fsp3) is 0.318. The van der Waals surface area contributed by atoms with E-state index in [-0.39, 0.29) is 16.3 Å². The largest absolute Gasteiger partial charge is 0.417 e. The van der Waals surface area contributed by atoms with Gasteiger partial charge in [-0.05, 0) is 48.6 Å². The van der Waals surface area contributed by atoms with E-state index in [1.807, 2.05) is 6.92 Å². The average Bonchev–Trinajstić information content (AvgIpc) is 3.56. The number of thiazole rings is 1. The predicted octanol–water partition coefficient (Wildman–Crippen LogP) is 4.77. The van der Waals surface area contributed by atoms with Gasteiger partial charge in [-0.3, -0.25) is 14.5 Å². The second-order valence-electron chi connectivity index (χ2n) is 8.01. The molecule has 0 aliphatic heterocycles. The Kier molecular flexibility index (Phi) is 6.38. The van der Waals surface area contributed by atoms with Crippen molar-refractivity contribution in [2.24, 2.45) is 5.73 Å². The zero-order chi connectivity index (χ0) is 24.7. The molecule has 3 aromatic rings. The van der Waals surface area contributed by atoms with E-state index in [1.165, 1.54) is 12.3 Å². The lowest BCUT2D eigenvalue weighted by Crippen LogP contribution is -2.17. The highest BCUT2D eigenvalue weighted by Crippen LogP contribution is 2.39. The molecule has 1 aliphatic carbocycles. The third-order valence-electron chi connectivity index (χ3n) is 5.57. The number of sulfonamides is 1. The molecule has 1 amide bonds. The standard InChI is InChI=1S/C22H21F3N4O3S2/c1-2-16(19-11-33-21(28-19)29-34(31,32)15-4-5-15)18-8-12(20(26)30)3-6-17(18)13-7-14(10-27-9-13)22(23,24)25/h3,6-11,15-16H,2,4-5H2,1H3,(H2,26,30)(H,28,29). The Bertz CT molecular complexity index is 1340. The van der Waals surface area contributed by atoms with Gasteiger partial charge in [-0.25, -0.2) is 13.4 Å². The monoisotopic (exact) mass is 510 g/mol. The number of alkyl halides is 3. The molecule has 0 spiro atoms. The summed E-state index contributed by atoms with van der Waals surface area (Å²) in [4.78, 5) is 20.0. The van der Waals surface area contributed by atoms with Gasteiger partial charge in [0.1, 0.15) is 0 Å². The Morgan fingerprint density at radius 3 is 2.62 bits per heavy atom. The maximum absolute atomic E-state index is 13.3. The van der Waals surface area contributed by atoms with Gasteiger partial charge in [-0.15, -0.1) is 11.3 Å². The summed E-state index contributed by atoms with van der Waals surface area (Å²) in [5.74, 6) is -1.11. The van der Waals surface area contributed by atoms with Crippen LogP contribution in [0.3, 0.4) is 0 Å². The first-order valence-corrected chi connectivity index (χ1v) is 12.9. The Hall–Kier alpha value is -2.99. The van der Waals surface area contributed by atoms with Crippen molar-refractivity contribution in [1.82, 2.24) is 9.97 Å². The Balaban J connectivity index is 1.77. The molecule has 180 valence electrons. The maximum atomic E-state index is 13.3. The van der Waals surface area contributed by atoms with Gasteiger partial charge >= 0.3 is 6.18 Å². The van der Waals surface area contributed by atoms with Crippen LogP contribution in [-0.2, 0) is 16.2 Å². The van der Waals surface area contributed by atoms with Crippen molar-refractivity contribution in [3.8, 4) is 11.1 Å². The number of halogens is 3. The molecule has 12 heteroatoms. The van der Waals surface area contributed by atoms with Gasteiger partial charge in [0.05, 0.1) is 16.5 Å². The number of nitrogens with zero attached hydrogens (tertiary/aromatic N) is 2. The molecule has 1 fully saturated rings. The molecule has 4 rings (SSSR count). The van der Waals surface area contributed by atoms with Crippen molar-refractivity contribution in [3.63, 3.8) is 0 Å². The Labute approximate surface area is 198 Å². The number of pyridine rings is 1. The third kappa shape index (κ3) is 5.07. The van der Waals surface area contributed by atoms with Crippen LogP contribution in [0.5, 0.6) is 0 Å². The average molecular weight is 511 g/mol. The zero-order valence-electron chi connectivity index (χ0n) is 18.0. The number of carbonyl (C=O) groups is 1. The van der Waals surface area contributed by atoms with E-state index in [1.54, 1.807) is 17.5 Å². The summed E-state index contributed by atoms with van der Waals surface area (Å²) in [5.41, 5.74) is 6.50. The summed E-state index contributed by atoms with van der Waals surface area (Å²) in [6, 6.07) is 5.53. The molecule has 0 radical (unpaired) electrons. The van der Waals surface area contributed by atoms with Gasteiger partial charge in [0.15, 0.2) is 5.13 Å². The van der Waals surface area contributed by atoms with Gasteiger partial charge in [-0.1, -0.05) is 13.0 Å². The molecule has 1 saturated carbocycles. The number of rotatable bonds is 8. The Morgan fingerprint density at radius 1 is 1.26 bits per heavy atom. The first kappa shape index (κ1) is 24.1. The van der Waals surface area contributed by atoms with Crippen LogP contribution < -0.4 is 10.5 Å². The number of carbonyl (C=O) groups excluding carboxylic acids is 1. The smallest absolute Gasteiger partial charge is 0.366 e. The molecule has 7 nitrogen and oxygen atoms in total. The number of amides is 1. The molecule has 1 aromatic carbocycles. The summed E-state index contributed by atoms with van der Waals surface area (Å²) >= 11 is 1.12. The SMILES string of the molecule is CCC(c1csc(NS(=O)(=O)C2CC2)n1)c1cc(C(N)=O)ccc1-c1cncc(C(F)(F)F)c1. The summed E-state index contributed by atoms with van der Waals surface area (Å²) in [6.07, 6.45) is -0.792. The fourth-order valence-corrected chi connectivity index (χ4v) is 6.04. The molecule has 0 saturated heterocycles. The van der Waals surface area contributed by atoms with Crippen molar-refractivity contribution >= 4 is 32.4 Å². The summed E-state index contributed by atoms with van der Waals surface area (Å²) in [5, 5.41) is 1.51. The molecule has 34 heavy (non-hydrogen) atoms. The number of hydrogen-bond donors (Lipinski definition) is 2. The number of anilines is 1. The predicted molar refractivity (Wildman–Crippen MR) is 123 cm³/mol. The number of nitrogens with one attached hydrogen (secondary N) is 1. The van der Waals surface area contributed by atoms with Gasteiger partial charge in [0.25, 0.3) is 0 Å². The summed E-state index contributed by atoms with van der Waals surface area (Å²) < 4.78 is 66.8. The van der Waals surface area contributed by atoms with E-state index in [4.69, 9.17) is 5.73 Å². The van der Waals surface area contributed by atoms with Crippen LogP contribution in [0.1, 0.15) is 59.3 Å². The lowest BCUT2D eigenvalue weighted by atomic mass is 9.86. The summed E-state index contributed by atoms with van der Waals surface area (Å²) in [7, 11) is -3.49. The van der Waals surface area contributed by atoms with E-state index < -0.39 is 38.8 Å². The minimum atomic E-state index is -4.57. The van der Waals surface area contributed by atoms with Crippen molar-refractivity contribution < 1.29 is 26.4 Å². The normalized spacial score (nSPS) is 15.2. The topological polar surface area (TPSA) is 115 Å². The number of hydrogen-bond acceptors (Lipinski definition) is 6. The Morgan fingerprint density at radius 2 is 2.00 bits per heavy atom. The third-order valence-corrected chi connectivity index (χ3v) is 8.30. The first-order chi connectivity index (χ1) is 16.0. The number of nitrogens with two attached hydrogens (primary N) is 1. The van der Waals surface area contributed by atoms with Gasteiger partial charge in [0.2, 0.25) is 15.9 Å². The van der Waals surface area contributed by atoms with Crippen molar-refractivity contribution in [1.29, 1.82) is 0 Å². The van der Waals surface area contributed by atoms with Crippen molar-refractivity contribution in [2.75, 3.05) is 4.72 Å². The number of aromatic nitrogens is 2. The fourth-order valence-electron chi connectivity index (χ4n) is 3.67. The number of benzene rings is 1. The highest BCUT2D eigenvalue weighted by Gasteiger charge is 2.36. The lowest BCUT2D eigenvalue weighted by molar-refractivity contribution is -0.137. The quantitative estimate of drug-likeness (QED) is 0.453. The van der Waals surface area contributed by atoms with Gasteiger partial charge in [-0.2, -0.15) is 13.2 Å². The molecule has 2 aromatic heterocycles. The molecular weight excluding hydrogens is 489 g/mol. The molecule has 0 bridgehead atoms. The van der Waals surface area contributed by atoms with Crippen LogP contribution in [0.4, 0.5) is 18.3 Å². The minimum Gasteiger partial charge on any atom is -0.366 e. The van der Waals surface area contributed by atoms with Crippen LogP contribution in [0.2, 0.25) is 0 Å². The van der Waals surface area contributed by atoms with Gasteiger partial charge < -0.3 is 5.73 Å². The van der Waals surface area contributed by atoms with Gasteiger partial charge in [0, 0.05) is 34.8 Å². The lowest BCUT2D eigenvalue weighted by Gasteiger charge is -2.19. The molecule has 1 unspecified atom stereocenters. The number of primary amides is 1. The van der Waals surface area contributed by atoms with Crippen LogP contribution >= 0.6 is 11.3 Å². The molecule has 1 atom stereocenters. The van der Waals surface area contributed by atoms with E-state index in [0.29, 0.717) is 36.1 Å². The minimum absolute atomic E-state index is 0.196. The molecule has 3 N–H and O–H groups in total. The van der Waals surface area contributed by atoms with E-state index in [9.17, 15) is 26.4 Å². The van der Waals surface area contributed by atoms with Crippen LogP contribution in [0, 0.1) is 0 Å². The van der Waals surface area contributed by atoms with Crippen molar-refractivity contribution in [2.45, 2.75) is 43.5 Å². The highest BCUT2D eigenvalue weighted by atomic mass is 32.2. The second-order valence-corrected chi connectivity index (χ2v) is 10.8.